The van der Waals surface area contributed by atoms with Crippen LogP contribution in [0, 0.1) is 5.82 Å². The molecule has 0 aliphatic carbocycles. The molecule has 0 bridgehead atoms. The van der Waals surface area contributed by atoms with Crippen LogP contribution in [0.15, 0.2) is 67.3 Å². The van der Waals surface area contributed by atoms with Crippen molar-refractivity contribution in [3.8, 4) is 11.4 Å². The van der Waals surface area contributed by atoms with Crippen molar-refractivity contribution in [1.29, 1.82) is 0 Å². The van der Waals surface area contributed by atoms with Gasteiger partial charge in [-0.1, -0.05) is 6.07 Å². The largest absolute Gasteiger partial charge is 0.542 e. The van der Waals surface area contributed by atoms with Gasteiger partial charge in [-0.3, -0.25) is 15.1 Å². The van der Waals surface area contributed by atoms with E-state index in [2.05, 4.69) is 20.3 Å². The quantitative estimate of drug-likeness (QED) is 0.363. The van der Waals surface area contributed by atoms with Crippen LogP contribution in [0.25, 0.3) is 16.9 Å². The number of benzene rings is 1. The second-order valence-electron chi connectivity index (χ2n) is 6.19. The maximum absolute atomic E-state index is 13.2. The Morgan fingerprint density at radius 1 is 1.09 bits per heavy atom. The summed E-state index contributed by atoms with van der Waals surface area (Å²) >= 11 is 0. The third-order valence-corrected chi connectivity index (χ3v) is 4.03. The molecule has 3 N–H and O–H groups in total. The van der Waals surface area contributed by atoms with Gasteiger partial charge in [0.1, 0.15) is 11.8 Å². The smallest absolute Gasteiger partial charge is 0.430 e. The molecular weight excluding hydrogens is 434 g/mol. The Bertz CT molecular complexity index is 1240. The van der Waals surface area contributed by atoms with Crippen molar-refractivity contribution in [1.82, 2.24) is 9.97 Å². The van der Waals surface area contributed by atoms with Gasteiger partial charge in [-0.15, -0.1) is 0 Å². The molecule has 0 aliphatic rings. The van der Waals surface area contributed by atoms with Gasteiger partial charge in [0.15, 0.2) is 5.52 Å². The molecule has 0 unspecified atom stereocenters. The number of alkyl halides is 3. The topological polar surface area (TPSA) is 116 Å². The van der Waals surface area contributed by atoms with E-state index in [4.69, 9.17) is 9.90 Å². The van der Waals surface area contributed by atoms with E-state index in [9.17, 15) is 22.4 Å². The summed E-state index contributed by atoms with van der Waals surface area (Å²) in [6, 6.07) is 13.3. The minimum Gasteiger partial charge on any atom is -0.542 e. The third-order valence-electron chi connectivity index (χ3n) is 4.03. The number of halogens is 4. The molecule has 32 heavy (non-hydrogen) atoms. The summed E-state index contributed by atoms with van der Waals surface area (Å²) in [6.45, 7) is 0. The Kier molecular flexibility index (Phi) is 6.42. The fraction of sp³-hybridized carbons (Fsp3) is 0.0500. The Balaban J connectivity index is 0.000000360. The fourth-order valence-corrected chi connectivity index (χ4v) is 2.65. The minimum absolute atomic E-state index is 0.309. The van der Waals surface area contributed by atoms with Crippen LogP contribution in [0.1, 0.15) is 10.5 Å². The van der Waals surface area contributed by atoms with Crippen LogP contribution in [-0.4, -0.2) is 28.0 Å². The van der Waals surface area contributed by atoms with Crippen molar-refractivity contribution in [2.75, 3.05) is 5.32 Å². The second-order valence-corrected chi connectivity index (χ2v) is 6.19. The molecule has 0 fully saturated rings. The molecule has 8 nitrogen and oxygen atoms in total. The number of carboxylic acids is 1. The van der Waals surface area contributed by atoms with Gasteiger partial charge in [-0.25, -0.2) is 9.37 Å². The standard InChI is InChI=1S/C18H12FN5O.C2HF3O2/c19-13-6-4-12(5-7-13)17-23-16(14-3-1-2-10-24(14)17)18(25)22-15-8-9-20-11-21-15;3-2(4,5)1(6)7/h1-11H,(H,20,21,22,25);(H,6,7)/p+1. The molecule has 1 aromatic carbocycles. The lowest BCUT2D eigenvalue weighted by atomic mass is 10.2. The number of aliphatic carboxylic acids is 1. The normalized spacial score (nSPS) is 10.9. The molecular formula is C20H14F4N5O3+. The highest BCUT2D eigenvalue weighted by molar-refractivity contribution is 6.06. The van der Waals surface area contributed by atoms with E-state index in [-0.39, 0.29) is 11.7 Å². The summed E-state index contributed by atoms with van der Waals surface area (Å²) in [4.78, 5) is 31.4. The molecule has 0 saturated carbocycles. The second kappa shape index (κ2) is 9.20. The van der Waals surface area contributed by atoms with Crippen LogP contribution in [-0.2, 0) is 4.79 Å². The minimum atomic E-state index is -5.19. The highest BCUT2D eigenvalue weighted by atomic mass is 19.4. The number of nitrogens with one attached hydrogen (secondary N) is 3. The molecule has 1 amide bonds. The Labute approximate surface area is 177 Å². The number of carbonyl (C=O) groups excluding carboxylic acids is 2. The van der Waals surface area contributed by atoms with Crippen molar-refractivity contribution in [3.63, 3.8) is 0 Å². The van der Waals surface area contributed by atoms with E-state index < -0.39 is 12.1 Å². The molecule has 3 heterocycles. The number of carboxylic acid groups (broad SMARTS) is 1. The Hall–Kier alpha value is -4.35. The van der Waals surface area contributed by atoms with Gasteiger partial charge >= 0.3 is 12.1 Å². The van der Waals surface area contributed by atoms with Crippen molar-refractivity contribution in [2.24, 2.45) is 0 Å². The number of anilines is 1. The number of hydrogen-bond acceptors (Lipinski definition) is 4. The van der Waals surface area contributed by atoms with Crippen molar-refractivity contribution < 1.29 is 41.6 Å². The van der Waals surface area contributed by atoms with Crippen LogP contribution < -0.4 is 19.8 Å². The van der Waals surface area contributed by atoms with Gasteiger partial charge in [0.25, 0.3) is 18.0 Å². The third kappa shape index (κ3) is 5.22. The zero-order valence-corrected chi connectivity index (χ0v) is 16.0. The lowest BCUT2D eigenvalue weighted by molar-refractivity contribution is -0.498. The van der Waals surface area contributed by atoms with Crippen LogP contribution >= 0.6 is 0 Å². The van der Waals surface area contributed by atoms with Gasteiger partial charge in [0.05, 0.1) is 18.0 Å². The number of H-pyrrole nitrogens is 2. The Morgan fingerprint density at radius 3 is 2.38 bits per heavy atom. The molecule has 4 aromatic rings. The number of pyridine rings is 1. The van der Waals surface area contributed by atoms with E-state index in [0.717, 1.165) is 5.56 Å². The van der Waals surface area contributed by atoms with E-state index in [1.165, 1.54) is 18.5 Å². The number of carbonyl (C=O) groups is 2. The zero-order valence-electron chi connectivity index (χ0n) is 16.0. The fourth-order valence-electron chi connectivity index (χ4n) is 2.65. The van der Waals surface area contributed by atoms with Gasteiger partial charge in [0.2, 0.25) is 5.69 Å². The molecule has 12 heteroatoms. The Morgan fingerprint density at radius 2 is 1.78 bits per heavy atom. The average molecular weight is 448 g/mol. The van der Waals surface area contributed by atoms with Crippen LogP contribution in [0.3, 0.4) is 0 Å². The van der Waals surface area contributed by atoms with Crippen molar-refractivity contribution in [2.45, 2.75) is 6.18 Å². The summed E-state index contributed by atoms with van der Waals surface area (Å²) in [5, 5.41) is 11.5. The van der Waals surface area contributed by atoms with Crippen molar-refractivity contribution >= 4 is 23.2 Å². The van der Waals surface area contributed by atoms with Crippen LogP contribution in [0.2, 0.25) is 0 Å². The van der Waals surface area contributed by atoms with Crippen LogP contribution in [0.5, 0.6) is 0 Å². The molecule has 3 aromatic heterocycles. The number of aromatic nitrogens is 4. The first-order valence-electron chi connectivity index (χ1n) is 8.86. The molecule has 0 spiro atoms. The summed E-state index contributed by atoms with van der Waals surface area (Å²) in [5.41, 5.74) is 1.88. The number of nitrogens with zero attached hydrogens (tertiary/aromatic N) is 2. The highest BCUT2D eigenvalue weighted by Crippen LogP contribution is 2.18. The van der Waals surface area contributed by atoms with Gasteiger partial charge in [-0.05, 0) is 41.4 Å². The monoisotopic (exact) mass is 448 g/mol. The van der Waals surface area contributed by atoms with Gasteiger partial charge in [0, 0.05) is 6.07 Å². The summed E-state index contributed by atoms with van der Waals surface area (Å²) in [5.74, 6) is -2.50. The number of imidazole rings is 1. The summed E-state index contributed by atoms with van der Waals surface area (Å²) in [6.07, 6.45) is -0.188. The van der Waals surface area contributed by atoms with E-state index in [1.54, 1.807) is 24.4 Å². The summed E-state index contributed by atoms with van der Waals surface area (Å²) in [7, 11) is 0. The lowest BCUT2D eigenvalue weighted by Gasteiger charge is -2.03. The predicted octanol–water partition coefficient (Wildman–Crippen LogP) is 1.32. The number of fused-ring (bicyclic) bond motifs is 1. The molecule has 0 atom stereocenters. The molecule has 0 aliphatic heterocycles. The highest BCUT2D eigenvalue weighted by Gasteiger charge is 2.29. The number of rotatable bonds is 3. The predicted molar refractivity (Wildman–Crippen MR) is 99.2 cm³/mol. The molecule has 4 rings (SSSR count). The maximum Gasteiger partial charge on any atom is 0.430 e. The average Bonchev–Trinajstić information content (AvgIpc) is 3.15. The van der Waals surface area contributed by atoms with Crippen LogP contribution in [0.4, 0.5) is 23.4 Å². The molecule has 0 radical (unpaired) electrons. The van der Waals surface area contributed by atoms with Gasteiger partial charge in [-0.2, -0.15) is 17.6 Å². The van der Waals surface area contributed by atoms with E-state index >= 15 is 0 Å². The number of hydrogen-bond donors (Lipinski definition) is 2. The lowest BCUT2D eigenvalue weighted by Crippen LogP contribution is -2.37. The number of amides is 1. The zero-order chi connectivity index (χ0) is 23.3. The number of aromatic amines is 2. The molecule has 164 valence electrons. The first kappa shape index (κ1) is 22.3. The first-order chi connectivity index (χ1) is 15.2. The van der Waals surface area contributed by atoms with Gasteiger partial charge < -0.3 is 9.90 Å². The van der Waals surface area contributed by atoms with E-state index in [1.807, 2.05) is 28.8 Å². The SMILES string of the molecule is O=C(Nc1cc[nH+]cn1)c1[nH]c(-c2ccc(F)cc2)[n+]2ccccc12.O=C([O-])C(F)(F)F. The van der Waals surface area contributed by atoms with E-state index in [0.29, 0.717) is 22.9 Å². The molecule has 0 saturated heterocycles. The first-order valence-corrected chi connectivity index (χ1v) is 8.86. The summed E-state index contributed by atoms with van der Waals surface area (Å²) < 4.78 is 46.6. The maximum atomic E-state index is 13.2. The van der Waals surface area contributed by atoms with Crippen molar-refractivity contribution in [3.05, 3.63) is 78.8 Å².